The first-order chi connectivity index (χ1) is 14.6. The molecule has 1 aliphatic heterocycles. The van der Waals surface area contributed by atoms with Gasteiger partial charge in [-0.15, -0.1) is 0 Å². The number of nitrogens with zero attached hydrogens (tertiary/aromatic N) is 2. The topological polar surface area (TPSA) is 44.8 Å². The van der Waals surface area contributed by atoms with Crippen LogP contribution in [0.5, 0.6) is 5.75 Å². The molecule has 30 heavy (non-hydrogen) atoms. The molecule has 5 heteroatoms. The van der Waals surface area contributed by atoms with E-state index in [4.69, 9.17) is 4.74 Å². The Morgan fingerprint density at radius 2 is 1.77 bits per heavy atom. The maximum absolute atomic E-state index is 12.6. The van der Waals surface area contributed by atoms with E-state index in [1.807, 2.05) is 19.1 Å². The van der Waals surface area contributed by atoms with Crippen molar-refractivity contribution in [2.24, 2.45) is 0 Å². The van der Waals surface area contributed by atoms with Gasteiger partial charge < -0.3 is 19.9 Å². The molecule has 0 radical (unpaired) electrons. The summed E-state index contributed by atoms with van der Waals surface area (Å²) >= 11 is 0. The van der Waals surface area contributed by atoms with Crippen molar-refractivity contribution in [3.8, 4) is 5.75 Å². The maximum Gasteiger partial charge on any atom is 0.261 e. The number of hydrogen-bond acceptors (Lipinski definition) is 4. The molecular formula is C25H33N3O2. The van der Waals surface area contributed by atoms with E-state index in [1.54, 1.807) is 0 Å². The number of carbonyl (C=O) groups excluding carboxylic acids is 1. The van der Waals surface area contributed by atoms with Gasteiger partial charge in [-0.3, -0.25) is 4.79 Å². The predicted octanol–water partition coefficient (Wildman–Crippen LogP) is 3.40. The van der Waals surface area contributed by atoms with Crippen LogP contribution in [0.3, 0.4) is 0 Å². The summed E-state index contributed by atoms with van der Waals surface area (Å²) in [5.41, 5.74) is 5.00. The van der Waals surface area contributed by atoms with Gasteiger partial charge in [-0.1, -0.05) is 24.3 Å². The summed E-state index contributed by atoms with van der Waals surface area (Å²) in [6.45, 7) is 6.66. The Morgan fingerprint density at radius 1 is 1.03 bits per heavy atom. The number of rotatable bonds is 6. The molecule has 1 atom stereocenters. The number of nitrogens with one attached hydrogen (secondary N) is 1. The Kier molecular flexibility index (Phi) is 6.58. The minimum atomic E-state index is -0.511. The normalized spacial score (nSPS) is 17.9. The number of ether oxygens (including phenoxy) is 1. The first-order valence-corrected chi connectivity index (χ1v) is 11.2. The number of amides is 1. The van der Waals surface area contributed by atoms with Gasteiger partial charge in [-0.2, -0.15) is 0 Å². The zero-order chi connectivity index (χ0) is 20.9. The van der Waals surface area contributed by atoms with Gasteiger partial charge in [0, 0.05) is 38.4 Å². The Bertz CT molecular complexity index is 857. The third-order valence-electron chi connectivity index (χ3n) is 6.30. The number of aryl methyl sites for hydroxylation is 1. The quantitative estimate of drug-likeness (QED) is 0.797. The minimum Gasteiger partial charge on any atom is -0.481 e. The van der Waals surface area contributed by atoms with Gasteiger partial charge in [0.1, 0.15) is 5.75 Å². The molecule has 160 valence electrons. The van der Waals surface area contributed by atoms with Gasteiger partial charge in [0.15, 0.2) is 6.10 Å². The highest BCUT2D eigenvalue weighted by Crippen LogP contribution is 2.30. The van der Waals surface area contributed by atoms with Crippen LogP contribution < -0.4 is 15.0 Å². The lowest BCUT2D eigenvalue weighted by molar-refractivity contribution is -0.127. The Balaban J connectivity index is 1.29. The first kappa shape index (κ1) is 20.7. The van der Waals surface area contributed by atoms with Crippen molar-refractivity contribution in [1.82, 2.24) is 10.2 Å². The van der Waals surface area contributed by atoms with E-state index < -0.39 is 6.10 Å². The number of likely N-dealkylation sites (N-methyl/N-ethyl adjacent to an activating group) is 1. The van der Waals surface area contributed by atoms with Crippen LogP contribution in [-0.4, -0.2) is 50.1 Å². The molecule has 1 fully saturated rings. The second-order valence-corrected chi connectivity index (χ2v) is 8.54. The smallest absolute Gasteiger partial charge is 0.261 e. The second-order valence-electron chi connectivity index (χ2n) is 8.54. The molecule has 2 aliphatic rings. The average molecular weight is 408 g/mol. The molecule has 1 saturated heterocycles. The first-order valence-electron chi connectivity index (χ1n) is 11.2. The monoisotopic (exact) mass is 407 g/mol. The third kappa shape index (κ3) is 4.96. The lowest BCUT2D eigenvalue weighted by atomic mass is 9.91. The van der Waals surface area contributed by atoms with E-state index >= 15 is 0 Å². The van der Waals surface area contributed by atoms with Crippen LogP contribution in [0.1, 0.15) is 36.5 Å². The zero-order valence-electron chi connectivity index (χ0n) is 18.2. The van der Waals surface area contributed by atoms with Crippen LogP contribution in [0.25, 0.3) is 0 Å². The molecule has 5 nitrogen and oxygen atoms in total. The zero-order valence-corrected chi connectivity index (χ0v) is 18.2. The van der Waals surface area contributed by atoms with Crippen molar-refractivity contribution in [2.45, 2.75) is 45.3 Å². The van der Waals surface area contributed by atoms with Crippen molar-refractivity contribution in [1.29, 1.82) is 0 Å². The number of piperazine rings is 1. The van der Waals surface area contributed by atoms with Gasteiger partial charge in [0.25, 0.3) is 5.91 Å². The summed E-state index contributed by atoms with van der Waals surface area (Å²) in [4.78, 5) is 17.4. The van der Waals surface area contributed by atoms with Crippen LogP contribution in [0.2, 0.25) is 0 Å². The van der Waals surface area contributed by atoms with Gasteiger partial charge in [0.2, 0.25) is 0 Å². The molecule has 2 aromatic rings. The standard InChI is InChI=1S/C25H33N3O2/c1-19(30-24-9-5-7-21-6-3-4-8-23(21)24)25(29)26-18-20-10-12-22(13-11-20)28-16-14-27(2)15-17-28/h5,7,9-13,19H,3-4,6,8,14-18H2,1-2H3,(H,26,29). The van der Waals surface area contributed by atoms with Crippen LogP contribution in [0, 0.1) is 0 Å². The van der Waals surface area contributed by atoms with Crippen LogP contribution >= 0.6 is 0 Å². The Hall–Kier alpha value is -2.53. The predicted molar refractivity (Wildman–Crippen MR) is 121 cm³/mol. The fraction of sp³-hybridized carbons (Fsp3) is 0.480. The van der Waals surface area contributed by atoms with Crippen LogP contribution in [-0.2, 0) is 24.2 Å². The summed E-state index contributed by atoms with van der Waals surface area (Å²) in [5.74, 6) is 0.790. The molecule has 1 amide bonds. The van der Waals surface area contributed by atoms with Crippen LogP contribution in [0.15, 0.2) is 42.5 Å². The number of carbonyl (C=O) groups is 1. The molecule has 1 unspecified atom stereocenters. The molecule has 1 aliphatic carbocycles. The number of fused-ring (bicyclic) bond motifs is 1. The number of benzene rings is 2. The molecule has 0 bridgehead atoms. The summed E-state index contributed by atoms with van der Waals surface area (Å²) in [6, 6.07) is 14.7. The Labute approximate surface area is 180 Å². The van der Waals surface area contributed by atoms with Gasteiger partial charge in [-0.05, 0) is 74.5 Å². The fourth-order valence-electron chi connectivity index (χ4n) is 4.32. The highest BCUT2D eigenvalue weighted by Gasteiger charge is 2.19. The van der Waals surface area contributed by atoms with Crippen molar-refractivity contribution in [3.05, 3.63) is 59.2 Å². The maximum atomic E-state index is 12.6. The third-order valence-corrected chi connectivity index (χ3v) is 6.30. The Morgan fingerprint density at radius 3 is 2.53 bits per heavy atom. The average Bonchev–Trinajstić information content (AvgIpc) is 2.78. The number of anilines is 1. The van der Waals surface area contributed by atoms with E-state index in [9.17, 15) is 4.79 Å². The van der Waals surface area contributed by atoms with E-state index in [-0.39, 0.29) is 5.91 Å². The van der Waals surface area contributed by atoms with Gasteiger partial charge in [-0.25, -0.2) is 0 Å². The van der Waals surface area contributed by atoms with E-state index in [0.717, 1.165) is 50.3 Å². The second kappa shape index (κ2) is 9.52. The minimum absolute atomic E-state index is 0.0773. The molecule has 4 rings (SSSR count). The molecule has 0 spiro atoms. The summed E-state index contributed by atoms with van der Waals surface area (Å²) in [5, 5.41) is 3.02. The molecule has 1 N–H and O–H groups in total. The lowest BCUT2D eigenvalue weighted by Gasteiger charge is -2.34. The summed E-state index contributed by atoms with van der Waals surface area (Å²) in [6.07, 6.45) is 4.07. The van der Waals surface area contributed by atoms with Crippen molar-refractivity contribution in [3.63, 3.8) is 0 Å². The van der Waals surface area contributed by atoms with Gasteiger partial charge in [0.05, 0.1) is 0 Å². The largest absolute Gasteiger partial charge is 0.481 e. The molecule has 2 aromatic carbocycles. The SMILES string of the molecule is CC(Oc1cccc2c1CCCC2)C(=O)NCc1ccc(N2CCN(C)CC2)cc1. The fourth-order valence-corrected chi connectivity index (χ4v) is 4.32. The lowest BCUT2D eigenvalue weighted by Crippen LogP contribution is -2.44. The van der Waals surface area contributed by atoms with E-state index in [1.165, 1.54) is 29.7 Å². The summed E-state index contributed by atoms with van der Waals surface area (Å²) < 4.78 is 6.05. The molecule has 0 aromatic heterocycles. The van der Waals surface area contributed by atoms with E-state index in [2.05, 4.69) is 52.5 Å². The van der Waals surface area contributed by atoms with Gasteiger partial charge >= 0.3 is 0 Å². The number of hydrogen-bond donors (Lipinski definition) is 1. The molecular weight excluding hydrogens is 374 g/mol. The summed E-state index contributed by atoms with van der Waals surface area (Å²) in [7, 11) is 2.17. The van der Waals surface area contributed by atoms with E-state index in [0.29, 0.717) is 6.54 Å². The molecule has 1 heterocycles. The highest BCUT2D eigenvalue weighted by molar-refractivity contribution is 5.80. The highest BCUT2D eigenvalue weighted by atomic mass is 16.5. The van der Waals surface area contributed by atoms with Crippen molar-refractivity contribution >= 4 is 11.6 Å². The molecule has 0 saturated carbocycles. The van der Waals surface area contributed by atoms with Crippen LogP contribution in [0.4, 0.5) is 5.69 Å². The van der Waals surface area contributed by atoms with Crippen molar-refractivity contribution in [2.75, 3.05) is 38.1 Å². The van der Waals surface area contributed by atoms with Crippen molar-refractivity contribution < 1.29 is 9.53 Å².